The molecule has 17 heavy (non-hydrogen) atoms. The quantitative estimate of drug-likeness (QED) is 0.637. The molecule has 0 aliphatic heterocycles. The van der Waals surface area contributed by atoms with Crippen LogP contribution in [0.5, 0.6) is 0 Å². The number of rotatable bonds is 6. The summed E-state index contributed by atoms with van der Waals surface area (Å²) in [5.74, 6) is -1.00. The standard InChI is InChI=1S/C11H22N2O4/c1-8(5-9(15)16)6-12-10(17)13(4)11(2,3)7-14/h8,14H,5-7H2,1-4H3,(H,12,17)(H,15,16). The number of nitrogens with zero attached hydrogens (tertiary/aromatic N) is 1. The molecule has 0 saturated heterocycles. The Bertz CT molecular complexity index is 279. The number of hydrogen-bond acceptors (Lipinski definition) is 3. The summed E-state index contributed by atoms with van der Waals surface area (Å²) in [5, 5.41) is 20.3. The van der Waals surface area contributed by atoms with Crippen molar-refractivity contribution in [2.45, 2.75) is 32.7 Å². The fourth-order valence-electron chi connectivity index (χ4n) is 1.13. The Morgan fingerprint density at radius 1 is 1.41 bits per heavy atom. The van der Waals surface area contributed by atoms with Crippen molar-refractivity contribution in [1.29, 1.82) is 0 Å². The third-order valence-corrected chi connectivity index (χ3v) is 2.72. The predicted octanol–water partition coefficient (Wildman–Crippen LogP) is 0.509. The Morgan fingerprint density at radius 3 is 2.35 bits per heavy atom. The molecule has 0 aromatic heterocycles. The van der Waals surface area contributed by atoms with E-state index in [0.717, 1.165) is 0 Å². The third-order valence-electron chi connectivity index (χ3n) is 2.72. The molecule has 0 spiro atoms. The highest BCUT2D eigenvalue weighted by Crippen LogP contribution is 2.11. The van der Waals surface area contributed by atoms with Gasteiger partial charge in [0.2, 0.25) is 0 Å². The van der Waals surface area contributed by atoms with Crippen LogP contribution in [-0.4, -0.2) is 52.9 Å². The van der Waals surface area contributed by atoms with E-state index in [1.165, 1.54) is 4.90 Å². The Labute approximate surface area is 102 Å². The molecular formula is C11H22N2O4. The van der Waals surface area contributed by atoms with Gasteiger partial charge in [0, 0.05) is 20.0 Å². The zero-order valence-corrected chi connectivity index (χ0v) is 10.9. The number of urea groups is 1. The van der Waals surface area contributed by atoms with Crippen molar-refractivity contribution in [1.82, 2.24) is 10.2 Å². The van der Waals surface area contributed by atoms with Gasteiger partial charge in [-0.15, -0.1) is 0 Å². The second kappa shape index (κ2) is 6.44. The maximum Gasteiger partial charge on any atom is 0.317 e. The Hall–Kier alpha value is -1.30. The average molecular weight is 246 g/mol. The van der Waals surface area contributed by atoms with Crippen molar-refractivity contribution in [2.24, 2.45) is 5.92 Å². The van der Waals surface area contributed by atoms with Gasteiger partial charge in [-0.1, -0.05) is 6.92 Å². The third kappa shape index (κ3) is 5.53. The van der Waals surface area contributed by atoms with Crippen molar-refractivity contribution >= 4 is 12.0 Å². The lowest BCUT2D eigenvalue weighted by Gasteiger charge is -2.34. The van der Waals surface area contributed by atoms with Crippen LogP contribution in [0.15, 0.2) is 0 Å². The predicted molar refractivity (Wildman–Crippen MR) is 63.7 cm³/mol. The molecule has 0 heterocycles. The first-order valence-electron chi connectivity index (χ1n) is 5.55. The molecule has 0 fully saturated rings. The molecule has 3 N–H and O–H groups in total. The molecule has 6 heteroatoms. The molecular weight excluding hydrogens is 224 g/mol. The van der Waals surface area contributed by atoms with Crippen LogP contribution in [0.25, 0.3) is 0 Å². The number of aliphatic carboxylic acids is 1. The molecule has 0 aromatic carbocycles. The van der Waals surface area contributed by atoms with Crippen molar-refractivity contribution in [3.8, 4) is 0 Å². The smallest absolute Gasteiger partial charge is 0.317 e. The minimum atomic E-state index is -0.879. The maximum absolute atomic E-state index is 11.7. The van der Waals surface area contributed by atoms with Crippen LogP contribution in [-0.2, 0) is 4.79 Å². The van der Waals surface area contributed by atoms with E-state index < -0.39 is 11.5 Å². The van der Waals surface area contributed by atoms with Crippen LogP contribution in [0.4, 0.5) is 4.79 Å². The van der Waals surface area contributed by atoms with Crippen LogP contribution < -0.4 is 5.32 Å². The molecule has 1 atom stereocenters. The first-order chi connectivity index (χ1) is 7.70. The van der Waals surface area contributed by atoms with E-state index in [0.29, 0.717) is 6.54 Å². The van der Waals surface area contributed by atoms with Crippen LogP contribution in [0, 0.1) is 5.92 Å². The lowest BCUT2D eigenvalue weighted by Crippen LogP contribution is -2.52. The molecule has 0 aromatic rings. The number of hydrogen-bond donors (Lipinski definition) is 3. The highest BCUT2D eigenvalue weighted by Gasteiger charge is 2.26. The summed E-state index contributed by atoms with van der Waals surface area (Å²) in [5.41, 5.74) is -0.639. The lowest BCUT2D eigenvalue weighted by molar-refractivity contribution is -0.137. The summed E-state index contributed by atoms with van der Waals surface area (Å²) < 4.78 is 0. The highest BCUT2D eigenvalue weighted by atomic mass is 16.4. The van der Waals surface area contributed by atoms with Crippen LogP contribution in [0.1, 0.15) is 27.2 Å². The summed E-state index contributed by atoms with van der Waals surface area (Å²) in [6.07, 6.45) is 0.0212. The second-order valence-corrected chi connectivity index (χ2v) is 4.92. The van der Waals surface area contributed by atoms with E-state index in [1.54, 1.807) is 27.8 Å². The van der Waals surface area contributed by atoms with Gasteiger partial charge in [-0.25, -0.2) is 4.79 Å². The number of nitrogens with one attached hydrogen (secondary N) is 1. The number of likely N-dealkylation sites (N-methyl/N-ethyl adjacent to an activating group) is 1. The van der Waals surface area contributed by atoms with Gasteiger partial charge in [0.1, 0.15) is 0 Å². The highest BCUT2D eigenvalue weighted by molar-refractivity contribution is 5.74. The van der Waals surface area contributed by atoms with Gasteiger partial charge < -0.3 is 20.4 Å². The van der Waals surface area contributed by atoms with Gasteiger partial charge in [-0.2, -0.15) is 0 Å². The average Bonchev–Trinajstić information content (AvgIpc) is 2.23. The van der Waals surface area contributed by atoms with E-state index in [-0.39, 0.29) is 25.0 Å². The van der Waals surface area contributed by atoms with Gasteiger partial charge in [0.05, 0.1) is 12.1 Å². The molecule has 0 bridgehead atoms. The second-order valence-electron chi connectivity index (χ2n) is 4.92. The molecule has 0 aliphatic carbocycles. The molecule has 0 saturated carbocycles. The molecule has 0 radical (unpaired) electrons. The minimum absolute atomic E-state index is 0.0212. The topological polar surface area (TPSA) is 89.9 Å². The van der Waals surface area contributed by atoms with Crippen molar-refractivity contribution in [3.05, 3.63) is 0 Å². The van der Waals surface area contributed by atoms with E-state index >= 15 is 0 Å². The number of carbonyl (C=O) groups excluding carboxylic acids is 1. The summed E-state index contributed by atoms with van der Waals surface area (Å²) in [6, 6.07) is -0.318. The fourth-order valence-corrected chi connectivity index (χ4v) is 1.13. The van der Waals surface area contributed by atoms with Gasteiger partial charge in [0.15, 0.2) is 0 Å². The maximum atomic E-state index is 11.7. The Morgan fingerprint density at radius 2 is 1.94 bits per heavy atom. The number of aliphatic hydroxyl groups is 1. The first kappa shape index (κ1) is 15.7. The van der Waals surface area contributed by atoms with Gasteiger partial charge in [-0.3, -0.25) is 4.79 Å². The number of carboxylic acids is 1. The summed E-state index contributed by atoms with van der Waals surface area (Å²) in [4.78, 5) is 23.5. The van der Waals surface area contributed by atoms with Gasteiger partial charge in [-0.05, 0) is 19.8 Å². The first-order valence-corrected chi connectivity index (χ1v) is 5.55. The van der Waals surface area contributed by atoms with E-state index in [1.807, 2.05) is 0 Å². The van der Waals surface area contributed by atoms with E-state index in [2.05, 4.69) is 5.32 Å². The fraction of sp³-hybridized carbons (Fsp3) is 0.818. The van der Waals surface area contributed by atoms with Crippen LogP contribution >= 0.6 is 0 Å². The molecule has 100 valence electrons. The normalized spacial score (nSPS) is 13.0. The van der Waals surface area contributed by atoms with Gasteiger partial charge >= 0.3 is 12.0 Å². The molecule has 0 aliphatic rings. The molecule has 6 nitrogen and oxygen atoms in total. The Kier molecular flexibility index (Phi) is 5.95. The van der Waals surface area contributed by atoms with E-state index in [9.17, 15) is 9.59 Å². The summed E-state index contributed by atoms with van der Waals surface area (Å²) in [7, 11) is 1.59. The molecule has 1 unspecified atom stereocenters. The number of carbonyl (C=O) groups is 2. The lowest BCUT2D eigenvalue weighted by atomic mass is 10.1. The van der Waals surface area contributed by atoms with Crippen molar-refractivity contribution in [3.63, 3.8) is 0 Å². The van der Waals surface area contributed by atoms with Crippen molar-refractivity contribution in [2.75, 3.05) is 20.2 Å². The van der Waals surface area contributed by atoms with Crippen LogP contribution in [0.3, 0.4) is 0 Å². The summed E-state index contributed by atoms with van der Waals surface area (Å²) in [6.45, 7) is 5.41. The zero-order valence-electron chi connectivity index (χ0n) is 10.9. The number of carboxylic acid groups (broad SMARTS) is 1. The number of amides is 2. The van der Waals surface area contributed by atoms with Gasteiger partial charge in [0.25, 0.3) is 0 Å². The molecule has 0 rings (SSSR count). The zero-order chi connectivity index (χ0) is 13.6. The summed E-state index contributed by atoms with van der Waals surface area (Å²) >= 11 is 0. The molecule has 2 amide bonds. The van der Waals surface area contributed by atoms with E-state index in [4.69, 9.17) is 10.2 Å². The minimum Gasteiger partial charge on any atom is -0.481 e. The SMILES string of the molecule is CC(CNC(=O)N(C)C(C)(C)CO)CC(=O)O. The Balaban J connectivity index is 4.14. The largest absolute Gasteiger partial charge is 0.481 e. The van der Waals surface area contributed by atoms with Crippen molar-refractivity contribution < 1.29 is 19.8 Å². The number of aliphatic hydroxyl groups excluding tert-OH is 1. The monoisotopic (exact) mass is 246 g/mol. The van der Waals surface area contributed by atoms with Crippen LogP contribution in [0.2, 0.25) is 0 Å².